The third-order valence-electron chi connectivity index (χ3n) is 6.43. The van der Waals surface area contributed by atoms with Crippen molar-refractivity contribution in [2.45, 2.75) is 51.0 Å². The first kappa shape index (κ1) is 21.1. The van der Waals surface area contributed by atoms with Crippen LogP contribution in [-0.4, -0.2) is 72.3 Å². The van der Waals surface area contributed by atoms with Gasteiger partial charge in [0, 0.05) is 38.1 Å². The van der Waals surface area contributed by atoms with Gasteiger partial charge in [-0.25, -0.2) is 4.98 Å². The minimum Gasteiger partial charge on any atom is -0.379 e. The molecule has 1 saturated heterocycles. The Balaban J connectivity index is 1.37. The van der Waals surface area contributed by atoms with Crippen LogP contribution in [0.15, 0.2) is 29.3 Å². The van der Waals surface area contributed by atoms with Gasteiger partial charge in [0.2, 0.25) is 0 Å². The molecule has 164 valence electrons. The highest BCUT2D eigenvalue weighted by Crippen LogP contribution is 2.34. The zero-order valence-corrected chi connectivity index (χ0v) is 18.3. The van der Waals surface area contributed by atoms with E-state index in [1.165, 1.54) is 32.1 Å². The van der Waals surface area contributed by atoms with Gasteiger partial charge in [-0.2, -0.15) is 0 Å². The molecule has 1 aromatic carbocycles. The molecule has 1 aliphatic heterocycles. The molecule has 3 N–H and O–H groups in total. The maximum absolute atomic E-state index is 5.61. The van der Waals surface area contributed by atoms with Crippen LogP contribution < -0.4 is 10.6 Å². The van der Waals surface area contributed by atoms with Crippen LogP contribution in [0.25, 0.3) is 11.0 Å². The summed E-state index contributed by atoms with van der Waals surface area (Å²) in [6.45, 7) is 8.40. The van der Waals surface area contributed by atoms with Gasteiger partial charge in [0.15, 0.2) is 5.96 Å². The van der Waals surface area contributed by atoms with Gasteiger partial charge in [0.05, 0.1) is 30.8 Å². The number of ether oxygens (including phenoxy) is 1. The smallest absolute Gasteiger partial charge is 0.191 e. The van der Waals surface area contributed by atoms with Crippen LogP contribution in [0.5, 0.6) is 0 Å². The van der Waals surface area contributed by atoms with Crippen molar-refractivity contribution in [2.75, 3.05) is 45.9 Å². The number of hydrogen-bond donors (Lipinski definition) is 3. The van der Waals surface area contributed by atoms with Gasteiger partial charge < -0.3 is 20.4 Å². The van der Waals surface area contributed by atoms with Crippen molar-refractivity contribution < 1.29 is 4.74 Å². The van der Waals surface area contributed by atoms with Gasteiger partial charge in [0.1, 0.15) is 5.82 Å². The Kier molecular flexibility index (Phi) is 7.23. The van der Waals surface area contributed by atoms with E-state index in [-0.39, 0.29) is 5.54 Å². The van der Waals surface area contributed by atoms with Gasteiger partial charge >= 0.3 is 0 Å². The molecule has 0 amide bonds. The number of fused-ring (bicyclic) bond motifs is 1. The fraction of sp³-hybridized carbons (Fsp3) is 0.652. The van der Waals surface area contributed by atoms with Crippen LogP contribution in [0.4, 0.5) is 0 Å². The Hall–Kier alpha value is -2.12. The van der Waals surface area contributed by atoms with E-state index in [0.29, 0.717) is 0 Å². The number of para-hydroxylation sites is 2. The lowest BCUT2D eigenvalue weighted by Crippen LogP contribution is -2.56. The first-order valence-electron chi connectivity index (χ1n) is 11.6. The average Bonchev–Trinajstić information content (AvgIpc) is 3.21. The lowest BCUT2D eigenvalue weighted by Gasteiger charge is -2.47. The predicted octanol–water partition coefficient (Wildman–Crippen LogP) is 2.70. The summed E-state index contributed by atoms with van der Waals surface area (Å²) in [5.41, 5.74) is 2.32. The van der Waals surface area contributed by atoms with Gasteiger partial charge in [-0.15, -0.1) is 0 Å². The number of rotatable bonds is 7. The lowest BCUT2D eigenvalue weighted by atomic mass is 9.80. The highest BCUT2D eigenvalue weighted by atomic mass is 16.5. The van der Waals surface area contributed by atoms with E-state index in [2.05, 4.69) is 38.5 Å². The van der Waals surface area contributed by atoms with Crippen molar-refractivity contribution in [3.8, 4) is 0 Å². The summed E-state index contributed by atoms with van der Waals surface area (Å²) in [7, 11) is 0. The summed E-state index contributed by atoms with van der Waals surface area (Å²) in [4.78, 5) is 15.8. The molecule has 0 unspecified atom stereocenters. The third kappa shape index (κ3) is 5.13. The molecule has 0 atom stereocenters. The number of imidazole rings is 1. The van der Waals surface area contributed by atoms with E-state index in [4.69, 9.17) is 9.73 Å². The third-order valence-corrected chi connectivity index (χ3v) is 6.43. The Morgan fingerprint density at radius 2 is 1.97 bits per heavy atom. The topological polar surface area (TPSA) is 77.6 Å². The van der Waals surface area contributed by atoms with Crippen LogP contribution in [0, 0.1) is 0 Å². The fourth-order valence-corrected chi connectivity index (χ4v) is 4.81. The van der Waals surface area contributed by atoms with Crippen LogP contribution in [-0.2, 0) is 11.2 Å². The van der Waals surface area contributed by atoms with E-state index >= 15 is 0 Å². The Morgan fingerprint density at radius 3 is 2.73 bits per heavy atom. The minimum atomic E-state index is 0.198. The van der Waals surface area contributed by atoms with Crippen molar-refractivity contribution in [2.24, 2.45) is 4.99 Å². The Morgan fingerprint density at radius 1 is 1.17 bits per heavy atom. The molecular weight excluding hydrogens is 376 g/mol. The number of aromatic amines is 1. The number of nitrogens with zero attached hydrogens (tertiary/aromatic N) is 3. The summed E-state index contributed by atoms with van der Waals surface area (Å²) in [5, 5.41) is 6.93. The average molecular weight is 413 g/mol. The number of guanidine groups is 1. The maximum Gasteiger partial charge on any atom is 0.191 e. The van der Waals surface area contributed by atoms with Gasteiger partial charge in [0.25, 0.3) is 0 Å². The molecule has 0 bridgehead atoms. The van der Waals surface area contributed by atoms with Gasteiger partial charge in [-0.3, -0.25) is 9.89 Å². The molecule has 7 heteroatoms. The summed E-state index contributed by atoms with van der Waals surface area (Å²) < 4.78 is 5.61. The Bertz CT molecular complexity index is 787. The molecular formula is C23H36N6O. The summed E-state index contributed by atoms with van der Waals surface area (Å²) >= 11 is 0. The SMILES string of the molecule is CCNC(=NCC1(N2CCOCC2)CCCCC1)NCCc1nc2ccccc2[nH]1. The zero-order chi connectivity index (χ0) is 20.7. The van der Waals surface area contributed by atoms with Crippen molar-refractivity contribution in [3.63, 3.8) is 0 Å². The second kappa shape index (κ2) is 10.3. The van der Waals surface area contributed by atoms with Gasteiger partial charge in [-0.1, -0.05) is 31.4 Å². The summed E-state index contributed by atoms with van der Waals surface area (Å²) in [6, 6.07) is 8.17. The molecule has 7 nitrogen and oxygen atoms in total. The maximum atomic E-state index is 5.61. The van der Waals surface area contributed by atoms with E-state index in [1.807, 2.05) is 18.2 Å². The molecule has 1 aliphatic carbocycles. The van der Waals surface area contributed by atoms with E-state index in [1.54, 1.807) is 0 Å². The van der Waals surface area contributed by atoms with E-state index in [9.17, 15) is 0 Å². The first-order chi connectivity index (χ1) is 14.8. The van der Waals surface area contributed by atoms with Crippen LogP contribution in [0.2, 0.25) is 0 Å². The van der Waals surface area contributed by atoms with E-state index < -0.39 is 0 Å². The molecule has 2 aliphatic rings. The summed E-state index contributed by atoms with van der Waals surface area (Å²) in [5.74, 6) is 1.92. The Labute approximate surface area is 179 Å². The van der Waals surface area contributed by atoms with Crippen molar-refractivity contribution in [1.29, 1.82) is 0 Å². The normalized spacial score (nSPS) is 20.4. The molecule has 1 saturated carbocycles. The lowest BCUT2D eigenvalue weighted by molar-refractivity contribution is -0.0333. The molecule has 2 fully saturated rings. The quantitative estimate of drug-likeness (QED) is 0.481. The number of nitrogens with one attached hydrogen (secondary N) is 3. The summed E-state index contributed by atoms with van der Waals surface area (Å²) in [6.07, 6.45) is 7.30. The zero-order valence-electron chi connectivity index (χ0n) is 18.3. The first-order valence-corrected chi connectivity index (χ1v) is 11.6. The number of benzene rings is 1. The molecule has 2 heterocycles. The monoisotopic (exact) mass is 412 g/mol. The molecule has 4 rings (SSSR count). The molecule has 1 aromatic heterocycles. The predicted molar refractivity (Wildman–Crippen MR) is 122 cm³/mol. The second-order valence-corrected chi connectivity index (χ2v) is 8.46. The van der Waals surface area contributed by atoms with Gasteiger partial charge in [-0.05, 0) is 31.9 Å². The fourth-order valence-electron chi connectivity index (χ4n) is 4.81. The number of H-pyrrole nitrogens is 1. The molecule has 0 spiro atoms. The minimum absolute atomic E-state index is 0.198. The molecule has 30 heavy (non-hydrogen) atoms. The van der Waals surface area contributed by atoms with Crippen molar-refractivity contribution >= 4 is 17.0 Å². The highest BCUT2D eigenvalue weighted by Gasteiger charge is 2.38. The molecule has 0 radical (unpaired) electrons. The highest BCUT2D eigenvalue weighted by molar-refractivity contribution is 5.79. The van der Waals surface area contributed by atoms with Crippen LogP contribution in [0.1, 0.15) is 44.9 Å². The van der Waals surface area contributed by atoms with Crippen molar-refractivity contribution in [3.05, 3.63) is 30.1 Å². The number of morpholine rings is 1. The second-order valence-electron chi connectivity index (χ2n) is 8.46. The number of hydrogen-bond acceptors (Lipinski definition) is 4. The number of aliphatic imine (C=N–C) groups is 1. The number of aromatic nitrogens is 2. The van der Waals surface area contributed by atoms with Crippen molar-refractivity contribution in [1.82, 2.24) is 25.5 Å². The van der Waals surface area contributed by atoms with Crippen LogP contribution in [0.3, 0.4) is 0 Å². The standard InChI is InChI=1S/C23H36N6O/c1-2-24-22(25-13-10-21-27-19-8-4-5-9-20(19)28-21)26-18-23(11-6-3-7-12-23)29-14-16-30-17-15-29/h4-5,8-9H,2-3,6-7,10-18H2,1H3,(H,27,28)(H2,24,25,26). The largest absolute Gasteiger partial charge is 0.379 e. The van der Waals surface area contributed by atoms with E-state index in [0.717, 1.165) is 75.2 Å². The molecule has 2 aromatic rings. The van der Waals surface area contributed by atoms with Crippen LogP contribution >= 0.6 is 0 Å².